The standard InChI is InChI=1S/C15H17BrO4/c16-11-8-10(15(14(17)18)4-1-2-5-15)9-12-13(11)20-7-3-6-19-12/h8-9H,1-7H2,(H,17,18). The second-order valence-electron chi connectivity index (χ2n) is 5.43. The van der Waals surface area contributed by atoms with Gasteiger partial charge in [0.1, 0.15) is 0 Å². The first-order valence-corrected chi connectivity index (χ1v) is 7.76. The van der Waals surface area contributed by atoms with Gasteiger partial charge in [0.2, 0.25) is 0 Å². The third kappa shape index (κ3) is 2.18. The Labute approximate surface area is 126 Å². The molecule has 0 saturated heterocycles. The fraction of sp³-hybridized carbons (Fsp3) is 0.533. The lowest BCUT2D eigenvalue weighted by Crippen LogP contribution is -2.32. The van der Waals surface area contributed by atoms with Crippen LogP contribution in [0.2, 0.25) is 0 Å². The maximum absolute atomic E-state index is 11.8. The van der Waals surface area contributed by atoms with Gasteiger partial charge in [-0.05, 0) is 46.5 Å². The van der Waals surface area contributed by atoms with Crippen molar-refractivity contribution in [2.24, 2.45) is 0 Å². The van der Waals surface area contributed by atoms with Gasteiger partial charge < -0.3 is 14.6 Å². The molecule has 0 amide bonds. The zero-order valence-electron chi connectivity index (χ0n) is 11.2. The van der Waals surface area contributed by atoms with E-state index in [-0.39, 0.29) is 0 Å². The molecule has 2 aliphatic rings. The van der Waals surface area contributed by atoms with Crippen molar-refractivity contribution in [3.63, 3.8) is 0 Å². The summed E-state index contributed by atoms with van der Waals surface area (Å²) >= 11 is 3.49. The Morgan fingerprint density at radius 1 is 1.15 bits per heavy atom. The average Bonchev–Trinajstić information content (AvgIpc) is 2.80. The topological polar surface area (TPSA) is 55.8 Å². The zero-order chi connectivity index (χ0) is 14.2. The highest BCUT2D eigenvalue weighted by molar-refractivity contribution is 9.10. The molecule has 0 unspecified atom stereocenters. The van der Waals surface area contributed by atoms with Gasteiger partial charge in [-0.15, -0.1) is 0 Å². The van der Waals surface area contributed by atoms with E-state index >= 15 is 0 Å². The predicted octanol–water partition coefficient (Wildman–Crippen LogP) is 3.51. The quantitative estimate of drug-likeness (QED) is 0.894. The first-order valence-electron chi connectivity index (χ1n) is 6.96. The largest absolute Gasteiger partial charge is 0.490 e. The average molecular weight is 341 g/mol. The van der Waals surface area contributed by atoms with E-state index in [1.807, 2.05) is 12.1 Å². The van der Waals surface area contributed by atoms with Gasteiger partial charge >= 0.3 is 5.97 Å². The second kappa shape index (κ2) is 5.28. The first kappa shape index (κ1) is 13.7. The molecule has 1 aliphatic carbocycles. The van der Waals surface area contributed by atoms with Gasteiger partial charge in [-0.2, -0.15) is 0 Å². The van der Waals surface area contributed by atoms with E-state index in [2.05, 4.69) is 15.9 Å². The molecule has 0 spiro atoms. The Kier molecular flexibility index (Phi) is 3.63. The van der Waals surface area contributed by atoms with E-state index in [0.717, 1.165) is 29.3 Å². The molecule has 1 saturated carbocycles. The van der Waals surface area contributed by atoms with Crippen LogP contribution in [0.4, 0.5) is 0 Å². The Morgan fingerprint density at radius 2 is 1.85 bits per heavy atom. The van der Waals surface area contributed by atoms with E-state index in [1.165, 1.54) is 0 Å². The van der Waals surface area contributed by atoms with Gasteiger partial charge in [-0.1, -0.05) is 12.8 Å². The molecule has 0 atom stereocenters. The minimum Gasteiger partial charge on any atom is -0.490 e. The van der Waals surface area contributed by atoms with Crippen molar-refractivity contribution in [1.82, 2.24) is 0 Å². The molecule has 0 bridgehead atoms. The molecule has 1 N–H and O–H groups in total. The van der Waals surface area contributed by atoms with Gasteiger partial charge in [0, 0.05) is 6.42 Å². The number of hydrogen-bond donors (Lipinski definition) is 1. The fourth-order valence-corrected chi connectivity index (χ4v) is 3.67. The van der Waals surface area contributed by atoms with Crippen molar-refractivity contribution in [2.75, 3.05) is 13.2 Å². The van der Waals surface area contributed by atoms with Crippen molar-refractivity contribution in [3.8, 4) is 11.5 Å². The summed E-state index contributed by atoms with van der Waals surface area (Å²) in [5.41, 5.74) is 0.0476. The molecule has 0 aromatic heterocycles. The third-order valence-corrected chi connectivity index (χ3v) is 4.81. The molecule has 4 nitrogen and oxygen atoms in total. The van der Waals surface area contributed by atoms with E-state index in [0.29, 0.717) is 37.6 Å². The normalized spacial score (nSPS) is 20.4. The molecule has 1 heterocycles. The van der Waals surface area contributed by atoms with Crippen LogP contribution >= 0.6 is 15.9 Å². The summed E-state index contributed by atoms with van der Waals surface area (Å²) in [5.74, 6) is 0.598. The van der Waals surface area contributed by atoms with Gasteiger partial charge in [0.05, 0.1) is 23.1 Å². The van der Waals surface area contributed by atoms with Gasteiger partial charge in [-0.3, -0.25) is 4.79 Å². The number of carboxylic acid groups (broad SMARTS) is 1. The molecule has 1 fully saturated rings. The molecular weight excluding hydrogens is 324 g/mol. The number of hydrogen-bond acceptors (Lipinski definition) is 3. The van der Waals surface area contributed by atoms with Crippen LogP contribution in [-0.2, 0) is 10.2 Å². The minimum absolute atomic E-state index is 0.600. The summed E-state index contributed by atoms with van der Waals surface area (Å²) in [6.45, 7) is 1.22. The number of rotatable bonds is 2. The van der Waals surface area contributed by atoms with Crippen LogP contribution in [-0.4, -0.2) is 24.3 Å². The van der Waals surface area contributed by atoms with Crippen molar-refractivity contribution < 1.29 is 19.4 Å². The lowest BCUT2D eigenvalue weighted by atomic mass is 9.79. The Bertz CT molecular complexity index is 535. The Morgan fingerprint density at radius 3 is 2.55 bits per heavy atom. The number of aliphatic carboxylic acids is 1. The van der Waals surface area contributed by atoms with Gasteiger partial charge in [-0.25, -0.2) is 0 Å². The number of carboxylic acids is 1. The summed E-state index contributed by atoms with van der Waals surface area (Å²) in [7, 11) is 0. The highest BCUT2D eigenvalue weighted by Gasteiger charge is 2.43. The maximum atomic E-state index is 11.8. The minimum atomic E-state index is -0.771. The molecule has 5 heteroatoms. The molecule has 1 aromatic rings. The summed E-state index contributed by atoms with van der Waals surface area (Å²) in [6.07, 6.45) is 4.13. The molecule has 20 heavy (non-hydrogen) atoms. The zero-order valence-corrected chi connectivity index (χ0v) is 12.7. The Hall–Kier alpha value is -1.23. The molecule has 1 aliphatic heterocycles. The van der Waals surface area contributed by atoms with Gasteiger partial charge in [0.15, 0.2) is 11.5 Å². The van der Waals surface area contributed by atoms with Crippen LogP contribution in [0.5, 0.6) is 11.5 Å². The third-order valence-electron chi connectivity index (χ3n) is 4.22. The number of benzene rings is 1. The summed E-state index contributed by atoms with van der Waals surface area (Å²) in [6, 6.07) is 3.73. The highest BCUT2D eigenvalue weighted by atomic mass is 79.9. The van der Waals surface area contributed by atoms with Gasteiger partial charge in [0.25, 0.3) is 0 Å². The van der Waals surface area contributed by atoms with Crippen molar-refractivity contribution in [2.45, 2.75) is 37.5 Å². The fourth-order valence-electron chi connectivity index (χ4n) is 3.11. The second-order valence-corrected chi connectivity index (χ2v) is 6.28. The SMILES string of the molecule is O=C(O)C1(c2cc(Br)c3c(c2)OCCCO3)CCCC1. The first-order chi connectivity index (χ1) is 9.63. The van der Waals surface area contributed by atoms with E-state index < -0.39 is 11.4 Å². The van der Waals surface area contributed by atoms with Crippen molar-refractivity contribution in [1.29, 1.82) is 0 Å². The lowest BCUT2D eigenvalue weighted by molar-refractivity contribution is -0.143. The monoisotopic (exact) mass is 340 g/mol. The van der Waals surface area contributed by atoms with Crippen molar-refractivity contribution in [3.05, 3.63) is 22.2 Å². The van der Waals surface area contributed by atoms with Crippen LogP contribution in [0.15, 0.2) is 16.6 Å². The van der Waals surface area contributed by atoms with E-state index in [4.69, 9.17) is 9.47 Å². The molecule has 1 aromatic carbocycles. The summed E-state index contributed by atoms with van der Waals surface area (Å²) in [5, 5.41) is 9.68. The lowest BCUT2D eigenvalue weighted by Gasteiger charge is -2.25. The molecule has 3 rings (SSSR count). The Balaban J connectivity index is 2.08. The molecule has 0 radical (unpaired) electrons. The highest BCUT2D eigenvalue weighted by Crippen LogP contribution is 2.46. The van der Waals surface area contributed by atoms with Crippen LogP contribution in [0.25, 0.3) is 0 Å². The van der Waals surface area contributed by atoms with Crippen LogP contribution in [0.3, 0.4) is 0 Å². The summed E-state index contributed by atoms with van der Waals surface area (Å²) in [4.78, 5) is 11.8. The van der Waals surface area contributed by atoms with Crippen LogP contribution in [0, 0.1) is 0 Å². The van der Waals surface area contributed by atoms with Crippen LogP contribution in [0.1, 0.15) is 37.7 Å². The maximum Gasteiger partial charge on any atom is 0.314 e. The number of ether oxygens (including phenoxy) is 2. The smallest absolute Gasteiger partial charge is 0.314 e. The van der Waals surface area contributed by atoms with E-state index in [9.17, 15) is 9.90 Å². The number of halogens is 1. The van der Waals surface area contributed by atoms with E-state index in [1.54, 1.807) is 0 Å². The molecular formula is C15H17BrO4. The molecule has 108 valence electrons. The van der Waals surface area contributed by atoms with Crippen LogP contribution < -0.4 is 9.47 Å². The van der Waals surface area contributed by atoms with Crippen molar-refractivity contribution >= 4 is 21.9 Å². The predicted molar refractivity (Wildman–Crippen MR) is 77.5 cm³/mol. The number of carbonyl (C=O) groups is 1. The number of fused-ring (bicyclic) bond motifs is 1. The summed E-state index contributed by atoms with van der Waals surface area (Å²) < 4.78 is 12.2.